The highest BCUT2D eigenvalue weighted by atomic mass is 16.5. The van der Waals surface area contributed by atoms with Crippen molar-refractivity contribution in [2.75, 3.05) is 20.8 Å². The van der Waals surface area contributed by atoms with Crippen molar-refractivity contribution in [1.29, 1.82) is 0 Å². The first-order chi connectivity index (χ1) is 9.31. The Balaban J connectivity index is 2.95. The zero-order valence-corrected chi connectivity index (χ0v) is 12.6. The quantitative estimate of drug-likeness (QED) is 0.811. The van der Waals surface area contributed by atoms with Crippen LogP contribution >= 0.6 is 0 Å². The number of aliphatic hydroxyl groups excluding tert-OH is 1. The van der Waals surface area contributed by atoms with Crippen molar-refractivity contribution in [2.45, 2.75) is 26.9 Å². The second-order valence-electron chi connectivity index (χ2n) is 5.29. The van der Waals surface area contributed by atoms with Gasteiger partial charge in [0.1, 0.15) is 0 Å². The van der Waals surface area contributed by atoms with E-state index >= 15 is 0 Å². The molecule has 112 valence electrons. The van der Waals surface area contributed by atoms with E-state index in [1.165, 1.54) is 14.0 Å². The summed E-state index contributed by atoms with van der Waals surface area (Å²) in [6.45, 7) is 5.14. The largest absolute Gasteiger partial charge is 0.493 e. The van der Waals surface area contributed by atoms with Gasteiger partial charge in [0.15, 0.2) is 11.5 Å². The first kappa shape index (κ1) is 16.3. The van der Waals surface area contributed by atoms with E-state index in [2.05, 4.69) is 0 Å². The maximum atomic E-state index is 10.9. The van der Waals surface area contributed by atoms with Crippen LogP contribution in [0.1, 0.15) is 32.4 Å². The van der Waals surface area contributed by atoms with Gasteiger partial charge in [-0.1, -0.05) is 19.9 Å². The fourth-order valence-corrected chi connectivity index (χ4v) is 1.84. The van der Waals surface area contributed by atoms with E-state index in [0.29, 0.717) is 17.1 Å². The van der Waals surface area contributed by atoms with Gasteiger partial charge in [-0.2, -0.15) is 0 Å². The van der Waals surface area contributed by atoms with Crippen LogP contribution in [0.4, 0.5) is 0 Å². The Morgan fingerprint density at radius 2 is 1.85 bits per heavy atom. The Kier molecular flexibility index (Phi) is 5.39. The lowest BCUT2D eigenvalue weighted by atomic mass is 9.83. The molecule has 0 saturated heterocycles. The van der Waals surface area contributed by atoms with Crippen LogP contribution in [0.2, 0.25) is 0 Å². The maximum absolute atomic E-state index is 10.9. The minimum atomic E-state index is -0.790. The lowest BCUT2D eigenvalue weighted by molar-refractivity contribution is -0.146. The fourth-order valence-electron chi connectivity index (χ4n) is 1.84. The lowest BCUT2D eigenvalue weighted by Gasteiger charge is -2.30. The first-order valence-corrected chi connectivity index (χ1v) is 6.35. The molecule has 0 bridgehead atoms. The van der Waals surface area contributed by atoms with E-state index in [1.807, 2.05) is 13.8 Å². The molecule has 0 aliphatic heterocycles. The number of hydrogen-bond acceptors (Lipinski definition) is 5. The summed E-state index contributed by atoms with van der Waals surface area (Å²) < 4.78 is 15.4. The minimum absolute atomic E-state index is 0.137. The highest BCUT2D eigenvalue weighted by Gasteiger charge is 2.31. The van der Waals surface area contributed by atoms with Gasteiger partial charge in [0, 0.05) is 12.3 Å². The van der Waals surface area contributed by atoms with Crippen LogP contribution in [0.15, 0.2) is 18.2 Å². The summed E-state index contributed by atoms with van der Waals surface area (Å²) in [7, 11) is 3.09. The van der Waals surface area contributed by atoms with Crippen LogP contribution in [0.3, 0.4) is 0 Å². The molecule has 0 radical (unpaired) electrons. The van der Waals surface area contributed by atoms with Crippen LogP contribution in [0.5, 0.6) is 11.5 Å². The van der Waals surface area contributed by atoms with Gasteiger partial charge >= 0.3 is 5.97 Å². The zero-order chi connectivity index (χ0) is 15.3. The predicted octanol–water partition coefficient (Wildman–Crippen LogP) is 2.33. The van der Waals surface area contributed by atoms with E-state index in [9.17, 15) is 9.90 Å². The number of esters is 1. The summed E-state index contributed by atoms with van der Waals surface area (Å²) >= 11 is 0. The third kappa shape index (κ3) is 3.87. The monoisotopic (exact) mass is 282 g/mol. The summed E-state index contributed by atoms with van der Waals surface area (Å²) in [5.74, 6) is 0.783. The third-order valence-electron chi connectivity index (χ3n) is 3.11. The number of aliphatic hydroxyl groups is 1. The average molecular weight is 282 g/mol. The van der Waals surface area contributed by atoms with Crippen molar-refractivity contribution in [3.05, 3.63) is 23.8 Å². The van der Waals surface area contributed by atoms with Crippen molar-refractivity contribution in [2.24, 2.45) is 5.41 Å². The van der Waals surface area contributed by atoms with Gasteiger partial charge in [-0.25, -0.2) is 0 Å². The van der Waals surface area contributed by atoms with Crippen molar-refractivity contribution >= 4 is 5.97 Å². The van der Waals surface area contributed by atoms with Crippen molar-refractivity contribution < 1.29 is 24.1 Å². The fraction of sp³-hybridized carbons (Fsp3) is 0.533. The Morgan fingerprint density at radius 3 is 2.35 bits per heavy atom. The van der Waals surface area contributed by atoms with E-state index in [1.54, 1.807) is 25.3 Å². The number of rotatable bonds is 6. The van der Waals surface area contributed by atoms with Crippen molar-refractivity contribution in [1.82, 2.24) is 0 Å². The average Bonchev–Trinajstić information content (AvgIpc) is 2.43. The molecule has 0 heterocycles. The molecule has 0 unspecified atom stereocenters. The molecular weight excluding hydrogens is 260 g/mol. The molecule has 1 rings (SSSR count). The standard InChI is InChI=1S/C15H22O5/c1-10(16)20-9-15(2,3)14(17)11-6-7-12(18-4)13(8-11)19-5/h6-8,14,17H,9H2,1-5H3/t14-/m0/s1. The number of hydrogen-bond donors (Lipinski definition) is 1. The van der Waals surface area contributed by atoms with Crippen LogP contribution in [-0.2, 0) is 9.53 Å². The molecule has 0 amide bonds. The van der Waals surface area contributed by atoms with Gasteiger partial charge in [-0.05, 0) is 17.7 Å². The molecule has 1 atom stereocenters. The van der Waals surface area contributed by atoms with Crippen LogP contribution in [0.25, 0.3) is 0 Å². The van der Waals surface area contributed by atoms with Gasteiger partial charge in [-0.15, -0.1) is 0 Å². The number of benzene rings is 1. The molecule has 0 fully saturated rings. The molecule has 0 saturated carbocycles. The van der Waals surface area contributed by atoms with E-state index in [4.69, 9.17) is 14.2 Å². The van der Waals surface area contributed by atoms with Gasteiger partial charge < -0.3 is 19.3 Å². The van der Waals surface area contributed by atoms with E-state index in [-0.39, 0.29) is 12.6 Å². The molecule has 1 aromatic rings. The van der Waals surface area contributed by atoms with Crippen molar-refractivity contribution in [3.8, 4) is 11.5 Å². The second-order valence-corrected chi connectivity index (χ2v) is 5.29. The smallest absolute Gasteiger partial charge is 0.302 e. The number of ether oxygens (including phenoxy) is 3. The van der Waals surface area contributed by atoms with Gasteiger partial charge in [0.25, 0.3) is 0 Å². The minimum Gasteiger partial charge on any atom is -0.493 e. The van der Waals surface area contributed by atoms with Crippen LogP contribution in [0, 0.1) is 5.41 Å². The lowest BCUT2D eigenvalue weighted by Crippen LogP contribution is -2.28. The van der Waals surface area contributed by atoms with E-state index < -0.39 is 11.5 Å². The zero-order valence-electron chi connectivity index (χ0n) is 12.6. The number of methoxy groups -OCH3 is 2. The highest BCUT2D eigenvalue weighted by molar-refractivity contribution is 5.65. The molecule has 20 heavy (non-hydrogen) atoms. The summed E-state index contributed by atoms with van der Waals surface area (Å²) in [5, 5.41) is 10.5. The Hall–Kier alpha value is -1.75. The molecule has 0 spiro atoms. The summed E-state index contributed by atoms with van der Waals surface area (Å²) in [6, 6.07) is 5.22. The Labute approximate surface area is 119 Å². The predicted molar refractivity (Wildman–Crippen MR) is 74.9 cm³/mol. The molecule has 0 aromatic heterocycles. The van der Waals surface area contributed by atoms with Crippen LogP contribution < -0.4 is 9.47 Å². The second kappa shape index (κ2) is 6.61. The van der Waals surface area contributed by atoms with E-state index in [0.717, 1.165) is 0 Å². The molecule has 5 heteroatoms. The summed E-state index contributed by atoms with van der Waals surface area (Å²) in [4.78, 5) is 10.9. The SMILES string of the molecule is COc1ccc([C@H](O)C(C)(C)COC(C)=O)cc1OC. The van der Waals surface area contributed by atoms with Gasteiger partial charge in [-0.3, -0.25) is 4.79 Å². The van der Waals surface area contributed by atoms with Crippen LogP contribution in [-0.4, -0.2) is 31.9 Å². The molecule has 0 aliphatic rings. The van der Waals surface area contributed by atoms with Gasteiger partial charge in [0.2, 0.25) is 0 Å². The maximum Gasteiger partial charge on any atom is 0.302 e. The Bertz CT molecular complexity index is 467. The first-order valence-electron chi connectivity index (χ1n) is 6.35. The third-order valence-corrected chi connectivity index (χ3v) is 3.11. The molecule has 5 nitrogen and oxygen atoms in total. The summed E-state index contributed by atoms with van der Waals surface area (Å²) in [5.41, 5.74) is 0.0745. The normalized spacial score (nSPS) is 12.7. The van der Waals surface area contributed by atoms with Gasteiger partial charge in [0.05, 0.1) is 26.9 Å². The molecule has 1 aromatic carbocycles. The molecule has 0 aliphatic carbocycles. The number of carbonyl (C=O) groups is 1. The molecule has 1 N–H and O–H groups in total. The summed E-state index contributed by atoms with van der Waals surface area (Å²) in [6.07, 6.45) is -0.790. The topological polar surface area (TPSA) is 65.0 Å². The Morgan fingerprint density at radius 1 is 1.25 bits per heavy atom. The number of carbonyl (C=O) groups excluding carboxylic acids is 1. The van der Waals surface area contributed by atoms with Crippen molar-refractivity contribution in [3.63, 3.8) is 0 Å². The highest BCUT2D eigenvalue weighted by Crippen LogP contribution is 2.37. The molecular formula is C15H22O5.